The van der Waals surface area contributed by atoms with Gasteiger partial charge in [0, 0.05) is 0 Å². The first-order valence-electron chi connectivity index (χ1n) is 11.1. The lowest BCUT2D eigenvalue weighted by molar-refractivity contribution is -0.113. The van der Waals surface area contributed by atoms with Gasteiger partial charge in [-0.1, -0.05) is 60.7 Å². The maximum absolute atomic E-state index is 13.4. The van der Waals surface area contributed by atoms with E-state index in [1.165, 1.54) is 23.9 Å². The number of hydrogen-bond acceptors (Lipinski definition) is 4. The number of aliphatic imine (C=N–C) groups is 1. The van der Waals surface area contributed by atoms with Crippen LogP contribution in [0, 0.1) is 5.82 Å². The summed E-state index contributed by atoms with van der Waals surface area (Å²) < 4.78 is 19.3. The topological polar surface area (TPSA) is 41.9 Å². The molecule has 4 nitrogen and oxygen atoms in total. The molecule has 1 aliphatic heterocycles. The number of para-hydroxylation sites is 2. The Kier molecular flexibility index (Phi) is 6.73. The van der Waals surface area contributed by atoms with Crippen molar-refractivity contribution in [2.75, 3.05) is 4.90 Å². The number of anilines is 1. The monoisotopic (exact) mass is 480 g/mol. The molecule has 0 spiro atoms. The third-order valence-electron chi connectivity index (χ3n) is 5.25. The molecule has 0 aliphatic carbocycles. The van der Waals surface area contributed by atoms with E-state index < -0.39 is 0 Å². The number of carbonyl (C=O) groups is 1. The molecule has 0 bridgehead atoms. The number of ether oxygens (including phenoxy) is 1. The van der Waals surface area contributed by atoms with Crippen LogP contribution >= 0.6 is 11.8 Å². The standard InChI is InChI=1S/C29H21FN2O2S/c30-23-11-7-10-22(17-23)20-34-26-16-8-9-21(18-26)19-27-28(33)32(25-14-5-2-6-15-25)29(35-27)31-24-12-3-1-4-13-24/h1-19H,20H2/b27-19-,31-29?. The molecule has 35 heavy (non-hydrogen) atoms. The van der Waals surface area contributed by atoms with Crippen molar-refractivity contribution < 1.29 is 13.9 Å². The number of nitrogens with zero attached hydrogens (tertiary/aromatic N) is 2. The highest BCUT2D eigenvalue weighted by Crippen LogP contribution is 2.37. The zero-order valence-corrected chi connectivity index (χ0v) is 19.5. The first-order chi connectivity index (χ1) is 17.2. The molecule has 4 aromatic rings. The fraction of sp³-hybridized carbons (Fsp3) is 0.0345. The second kappa shape index (κ2) is 10.4. The summed E-state index contributed by atoms with van der Waals surface area (Å²) >= 11 is 1.33. The lowest BCUT2D eigenvalue weighted by Crippen LogP contribution is -2.28. The number of carbonyl (C=O) groups excluding carboxylic acids is 1. The minimum Gasteiger partial charge on any atom is -0.489 e. The second-order valence-electron chi connectivity index (χ2n) is 7.81. The van der Waals surface area contributed by atoms with Crippen LogP contribution in [0.3, 0.4) is 0 Å². The summed E-state index contributed by atoms with van der Waals surface area (Å²) in [5, 5.41) is 0.595. The van der Waals surface area contributed by atoms with Crippen molar-refractivity contribution in [3.8, 4) is 5.75 Å². The Balaban J connectivity index is 1.41. The predicted octanol–water partition coefficient (Wildman–Crippen LogP) is 7.21. The predicted molar refractivity (Wildman–Crippen MR) is 140 cm³/mol. The SMILES string of the molecule is O=C1/C(=C/c2cccc(OCc3cccc(F)c3)c2)SC(=Nc2ccccc2)N1c1ccccc1. The Bertz CT molecular complexity index is 1400. The minimum atomic E-state index is -0.294. The Hall–Kier alpha value is -4.16. The molecule has 1 aliphatic rings. The maximum atomic E-state index is 13.4. The molecule has 1 heterocycles. The Labute approximate surface area is 207 Å². The Morgan fingerprint density at radius 3 is 2.37 bits per heavy atom. The lowest BCUT2D eigenvalue weighted by atomic mass is 10.2. The van der Waals surface area contributed by atoms with Crippen molar-refractivity contribution in [3.63, 3.8) is 0 Å². The molecule has 1 amide bonds. The smallest absolute Gasteiger partial charge is 0.271 e. The van der Waals surface area contributed by atoms with Crippen LogP contribution < -0.4 is 9.64 Å². The van der Waals surface area contributed by atoms with Crippen LogP contribution in [0.2, 0.25) is 0 Å². The third kappa shape index (κ3) is 5.50. The van der Waals surface area contributed by atoms with E-state index in [1.807, 2.05) is 97.1 Å². The van der Waals surface area contributed by atoms with Crippen LogP contribution in [0.1, 0.15) is 11.1 Å². The molecule has 0 aromatic heterocycles. The molecular formula is C29H21FN2O2S. The van der Waals surface area contributed by atoms with Crippen molar-refractivity contribution in [2.45, 2.75) is 6.61 Å². The molecule has 0 unspecified atom stereocenters. The summed E-state index contributed by atoms with van der Waals surface area (Å²) in [4.78, 5) is 20.4. The van der Waals surface area contributed by atoms with Crippen LogP contribution in [0.15, 0.2) is 119 Å². The van der Waals surface area contributed by atoms with Crippen molar-refractivity contribution >= 4 is 40.3 Å². The van der Waals surface area contributed by atoms with Gasteiger partial charge in [-0.2, -0.15) is 0 Å². The van der Waals surface area contributed by atoms with Gasteiger partial charge in [-0.15, -0.1) is 0 Å². The van der Waals surface area contributed by atoms with Crippen LogP contribution in [0.5, 0.6) is 5.75 Å². The quantitative estimate of drug-likeness (QED) is 0.274. The first-order valence-corrected chi connectivity index (χ1v) is 11.9. The summed E-state index contributed by atoms with van der Waals surface area (Å²) in [5.41, 5.74) is 3.11. The number of thioether (sulfide) groups is 1. The zero-order valence-electron chi connectivity index (χ0n) is 18.7. The summed E-state index contributed by atoms with van der Waals surface area (Å²) in [6.07, 6.45) is 1.84. The van der Waals surface area contributed by atoms with E-state index in [1.54, 1.807) is 11.0 Å². The van der Waals surface area contributed by atoms with Gasteiger partial charge >= 0.3 is 0 Å². The van der Waals surface area contributed by atoms with Crippen LogP contribution in [0.25, 0.3) is 6.08 Å². The molecule has 5 rings (SSSR count). The number of amides is 1. The van der Waals surface area contributed by atoms with E-state index in [9.17, 15) is 9.18 Å². The van der Waals surface area contributed by atoms with Gasteiger partial charge in [0.05, 0.1) is 16.3 Å². The average Bonchev–Trinajstić information content (AvgIpc) is 3.18. The van der Waals surface area contributed by atoms with Crippen molar-refractivity contribution in [2.24, 2.45) is 4.99 Å². The van der Waals surface area contributed by atoms with Gasteiger partial charge in [-0.3, -0.25) is 9.69 Å². The molecular weight excluding hydrogens is 459 g/mol. The largest absolute Gasteiger partial charge is 0.489 e. The molecule has 0 N–H and O–H groups in total. The number of benzene rings is 4. The molecule has 1 saturated heterocycles. The van der Waals surface area contributed by atoms with Gasteiger partial charge in [-0.05, 0) is 77.5 Å². The molecule has 0 saturated carbocycles. The minimum absolute atomic E-state index is 0.137. The van der Waals surface area contributed by atoms with Crippen LogP contribution in [-0.4, -0.2) is 11.1 Å². The van der Waals surface area contributed by atoms with E-state index in [0.717, 1.165) is 22.5 Å². The van der Waals surface area contributed by atoms with E-state index in [0.29, 0.717) is 15.8 Å². The summed E-state index contributed by atoms with van der Waals surface area (Å²) in [6.45, 7) is 0.251. The highest BCUT2D eigenvalue weighted by atomic mass is 32.2. The van der Waals surface area contributed by atoms with E-state index in [4.69, 9.17) is 9.73 Å². The van der Waals surface area contributed by atoms with Crippen LogP contribution in [-0.2, 0) is 11.4 Å². The third-order valence-corrected chi connectivity index (χ3v) is 6.22. The van der Waals surface area contributed by atoms with Gasteiger partial charge in [0.1, 0.15) is 18.2 Å². The van der Waals surface area contributed by atoms with Gasteiger partial charge < -0.3 is 4.74 Å². The molecule has 0 radical (unpaired) electrons. The molecule has 0 atom stereocenters. The van der Waals surface area contributed by atoms with Gasteiger partial charge in [-0.25, -0.2) is 9.38 Å². The number of halogens is 1. The fourth-order valence-electron chi connectivity index (χ4n) is 3.61. The van der Waals surface area contributed by atoms with Crippen molar-refractivity contribution in [3.05, 3.63) is 131 Å². The van der Waals surface area contributed by atoms with Gasteiger partial charge in [0.25, 0.3) is 5.91 Å². The highest BCUT2D eigenvalue weighted by Gasteiger charge is 2.34. The molecule has 4 aromatic carbocycles. The van der Waals surface area contributed by atoms with E-state index in [-0.39, 0.29) is 18.3 Å². The number of hydrogen-bond donors (Lipinski definition) is 0. The molecule has 6 heteroatoms. The maximum Gasteiger partial charge on any atom is 0.271 e. The highest BCUT2D eigenvalue weighted by molar-refractivity contribution is 8.19. The summed E-state index contributed by atoms with van der Waals surface area (Å²) in [5.74, 6) is 0.205. The van der Waals surface area contributed by atoms with E-state index in [2.05, 4.69) is 0 Å². The molecule has 172 valence electrons. The van der Waals surface area contributed by atoms with Crippen molar-refractivity contribution in [1.29, 1.82) is 0 Å². The van der Waals surface area contributed by atoms with Crippen LogP contribution in [0.4, 0.5) is 15.8 Å². The Morgan fingerprint density at radius 2 is 1.60 bits per heavy atom. The Morgan fingerprint density at radius 1 is 0.857 bits per heavy atom. The normalized spacial score (nSPS) is 15.7. The summed E-state index contributed by atoms with van der Waals surface area (Å²) in [7, 11) is 0. The average molecular weight is 481 g/mol. The lowest BCUT2D eigenvalue weighted by Gasteiger charge is -2.15. The number of amidine groups is 1. The zero-order chi connectivity index (χ0) is 24.0. The van der Waals surface area contributed by atoms with Gasteiger partial charge in [0.15, 0.2) is 5.17 Å². The second-order valence-corrected chi connectivity index (χ2v) is 8.82. The molecule has 1 fully saturated rings. The van der Waals surface area contributed by atoms with Crippen molar-refractivity contribution in [1.82, 2.24) is 0 Å². The van der Waals surface area contributed by atoms with Gasteiger partial charge in [0.2, 0.25) is 0 Å². The first kappa shape index (κ1) is 22.6. The number of rotatable bonds is 6. The fourth-order valence-corrected chi connectivity index (χ4v) is 4.61. The summed E-state index contributed by atoms with van der Waals surface area (Å²) in [6, 6.07) is 32.9. The van der Waals surface area contributed by atoms with E-state index >= 15 is 0 Å².